The molecule has 0 unspecified atom stereocenters. The zero-order chi connectivity index (χ0) is 20.6. The van der Waals surface area contributed by atoms with Gasteiger partial charge in [0.1, 0.15) is 16.5 Å². The number of nitrogens with zero attached hydrogens (tertiary/aromatic N) is 3. The lowest BCUT2D eigenvalue weighted by atomic mass is 10.0. The number of hydrogen-bond donors (Lipinski definition) is 0. The largest absolute Gasteiger partial charge is 0.492 e. The van der Waals surface area contributed by atoms with E-state index in [1.807, 2.05) is 0 Å². The van der Waals surface area contributed by atoms with Gasteiger partial charge in [0.2, 0.25) is 21.7 Å². The number of hydrogen-bond acceptors (Lipinski definition) is 6. The van der Waals surface area contributed by atoms with Gasteiger partial charge in [0.15, 0.2) is 0 Å². The maximum atomic E-state index is 13.2. The van der Waals surface area contributed by atoms with Crippen molar-refractivity contribution in [2.45, 2.75) is 17.7 Å². The first kappa shape index (κ1) is 19.8. The monoisotopic (exact) mass is 437 g/mol. The van der Waals surface area contributed by atoms with Gasteiger partial charge in [-0.25, -0.2) is 12.8 Å². The van der Waals surface area contributed by atoms with Gasteiger partial charge in [-0.3, -0.25) is 0 Å². The quantitative estimate of drug-likeness (QED) is 0.584. The lowest BCUT2D eigenvalue weighted by molar-refractivity contribution is 0.216. The summed E-state index contributed by atoms with van der Waals surface area (Å²) in [5.74, 6) is 0.168. The highest BCUT2D eigenvalue weighted by atomic mass is 35.5. The van der Waals surface area contributed by atoms with Crippen LogP contribution in [0.4, 0.5) is 4.39 Å². The zero-order valence-corrected chi connectivity index (χ0v) is 17.0. The Balaban J connectivity index is 1.50. The predicted octanol–water partition coefficient (Wildman–Crippen LogP) is 3.72. The molecule has 0 amide bonds. The van der Waals surface area contributed by atoms with Crippen LogP contribution < -0.4 is 4.74 Å². The van der Waals surface area contributed by atoms with Crippen LogP contribution >= 0.6 is 11.6 Å². The maximum absolute atomic E-state index is 13.2. The number of sulfonamides is 1. The van der Waals surface area contributed by atoms with E-state index in [0.29, 0.717) is 23.8 Å². The van der Waals surface area contributed by atoms with Crippen LogP contribution in [0.2, 0.25) is 5.02 Å². The molecule has 2 heterocycles. The van der Waals surface area contributed by atoms with E-state index >= 15 is 0 Å². The van der Waals surface area contributed by atoms with Gasteiger partial charge < -0.3 is 9.26 Å². The number of para-hydroxylation sites is 1. The molecular weight excluding hydrogens is 421 g/mol. The van der Waals surface area contributed by atoms with E-state index in [0.717, 1.165) is 0 Å². The van der Waals surface area contributed by atoms with E-state index in [1.54, 1.807) is 25.1 Å². The third-order valence-electron chi connectivity index (χ3n) is 4.58. The van der Waals surface area contributed by atoms with Crippen LogP contribution in [0.15, 0.2) is 51.9 Å². The van der Waals surface area contributed by atoms with Crippen molar-refractivity contribution in [2.75, 3.05) is 19.7 Å². The van der Waals surface area contributed by atoms with Gasteiger partial charge in [0.25, 0.3) is 0 Å². The van der Waals surface area contributed by atoms with Crippen molar-refractivity contribution >= 4 is 21.6 Å². The number of halogens is 2. The smallest absolute Gasteiger partial charge is 0.246 e. The first-order chi connectivity index (χ1) is 13.9. The minimum atomic E-state index is -3.70. The lowest BCUT2D eigenvalue weighted by Gasteiger charge is -2.36. The first-order valence-electron chi connectivity index (χ1n) is 8.91. The van der Waals surface area contributed by atoms with Gasteiger partial charge in [0.05, 0.1) is 17.5 Å². The minimum absolute atomic E-state index is 0.129. The van der Waals surface area contributed by atoms with Crippen LogP contribution in [0, 0.1) is 5.82 Å². The fourth-order valence-electron chi connectivity index (χ4n) is 3.05. The molecular formula is C19H17ClFN3O4S. The Morgan fingerprint density at radius 1 is 1.28 bits per heavy atom. The highest BCUT2D eigenvalue weighted by Gasteiger charge is 2.41. The average Bonchev–Trinajstić information content (AvgIpc) is 3.10. The van der Waals surface area contributed by atoms with E-state index in [4.69, 9.17) is 20.9 Å². The summed E-state index contributed by atoms with van der Waals surface area (Å²) in [5, 5.41) is 4.05. The molecule has 0 atom stereocenters. The maximum Gasteiger partial charge on any atom is 0.246 e. The Labute approximate surface area is 172 Å². The molecule has 1 aliphatic heterocycles. The molecule has 2 aromatic carbocycles. The Kier molecular flexibility index (Phi) is 5.28. The molecule has 7 nitrogen and oxygen atoms in total. The lowest BCUT2D eigenvalue weighted by Crippen LogP contribution is -2.48. The molecule has 1 aliphatic rings. The van der Waals surface area contributed by atoms with Crippen molar-refractivity contribution in [1.82, 2.24) is 14.4 Å². The molecule has 152 valence electrons. The van der Waals surface area contributed by atoms with Crippen LogP contribution in [0.1, 0.15) is 18.7 Å². The van der Waals surface area contributed by atoms with E-state index in [2.05, 4.69) is 10.1 Å². The summed E-state index contributed by atoms with van der Waals surface area (Å²) in [6, 6.07) is 10.4. The molecule has 4 rings (SSSR count). The summed E-state index contributed by atoms with van der Waals surface area (Å²) >= 11 is 6.03. The summed E-state index contributed by atoms with van der Waals surface area (Å²) in [5.41, 5.74) is 0.442. The number of rotatable bonds is 6. The number of ether oxygens (including phenoxy) is 1. The number of aromatic nitrogens is 2. The van der Waals surface area contributed by atoms with E-state index in [-0.39, 0.29) is 34.7 Å². The molecule has 0 saturated carbocycles. The molecule has 3 aromatic rings. The Morgan fingerprint density at radius 2 is 2.03 bits per heavy atom. The molecule has 0 N–H and O–H groups in total. The van der Waals surface area contributed by atoms with Crippen LogP contribution in [0.25, 0.3) is 11.4 Å². The van der Waals surface area contributed by atoms with E-state index < -0.39 is 15.8 Å². The van der Waals surface area contributed by atoms with Crippen molar-refractivity contribution < 1.29 is 22.1 Å². The van der Waals surface area contributed by atoms with Crippen molar-refractivity contribution in [3.63, 3.8) is 0 Å². The van der Waals surface area contributed by atoms with Gasteiger partial charge >= 0.3 is 0 Å². The van der Waals surface area contributed by atoms with Crippen LogP contribution in [0.3, 0.4) is 0 Å². The Bertz CT molecular complexity index is 1150. The van der Waals surface area contributed by atoms with E-state index in [9.17, 15) is 12.8 Å². The Morgan fingerprint density at radius 3 is 2.76 bits per heavy atom. The standard InChI is InChI=1S/C19H17ClFN3O4S/c1-2-27-16-5-3-4-6-17(16)29(25,26)24-10-12(11-24)19-22-18(23-28-19)14-8-7-13(21)9-15(14)20/h3-9,12H,2,10-11H2,1H3. The van der Waals surface area contributed by atoms with Gasteiger partial charge in [-0.2, -0.15) is 9.29 Å². The third kappa shape index (κ3) is 3.73. The summed E-state index contributed by atoms with van der Waals surface area (Å²) in [6.07, 6.45) is 0. The highest BCUT2D eigenvalue weighted by Crippen LogP contribution is 2.35. The van der Waals surface area contributed by atoms with Crippen LogP contribution in [-0.2, 0) is 10.0 Å². The van der Waals surface area contributed by atoms with Crippen LogP contribution in [-0.4, -0.2) is 42.6 Å². The highest BCUT2D eigenvalue weighted by molar-refractivity contribution is 7.89. The summed E-state index contributed by atoms with van der Waals surface area (Å²) in [6.45, 7) is 2.58. The molecule has 1 aromatic heterocycles. The summed E-state index contributed by atoms with van der Waals surface area (Å²) in [7, 11) is -3.70. The molecule has 0 radical (unpaired) electrons. The predicted molar refractivity (Wildman–Crippen MR) is 104 cm³/mol. The SMILES string of the molecule is CCOc1ccccc1S(=O)(=O)N1CC(c2nc(-c3ccc(F)cc3Cl)no2)C1. The van der Waals surface area contributed by atoms with Gasteiger partial charge in [-0.05, 0) is 37.3 Å². The normalized spacial score (nSPS) is 15.3. The van der Waals surface area contributed by atoms with Gasteiger partial charge in [0, 0.05) is 18.7 Å². The molecule has 10 heteroatoms. The van der Waals surface area contributed by atoms with Crippen molar-refractivity contribution in [3.05, 3.63) is 59.2 Å². The third-order valence-corrected chi connectivity index (χ3v) is 6.76. The second kappa shape index (κ2) is 7.74. The minimum Gasteiger partial charge on any atom is -0.492 e. The zero-order valence-electron chi connectivity index (χ0n) is 15.4. The van der Waals surface area contributed by atoms with Crippen molar-refractivity contribution in [3.8, 4) is 17.1 Å². The Hall–Kier alpha value is -2.49. The van der Waals surface area contributed by atoms with Gasteiger partial charge in [-0.15, -0.1) is 0 Å². The average molecular weight is 438 g/mol. The van der Waals surface area contributed by atoms with Crippen molar-refractivity contribution in [2.24, 2.45) is 0 Å². The molecule has 29 heavy (non-hydrogen) atoms. The molecule has 0 aliphatic carbocycles. The van der Waals surface area contributed by atoms with Gasteiger partial charge in [-0.1, -0.05) is 28.9 Å². The molecule has 1 saturated heterocycles. The van der Waals surface area contributed by atoms with E-state index in [1.165, 1.54) is 28.6 Å². The molecule has 1 fully saturated rings. The van der Waals surface area contributed by atoms with Crippen molar-refractivity contribution in [1.29, 1.82) is 0 Å². The van der Waals surface area contributed by atoms with Crippen LogP contribution in [0.5, 0.6) is 5.75 Å². The second-order valence-corrected chi connectivity index (χ2v) is 8.79. The first-order valence-corrected chi connectivity index (χ1v) is 10.7. The fourth-order valence-corrected chi connectivity index (χ4v) is 4.96. The number of benzene rings is 2. The molecule has 0 spiro atoms. The second-order valence-electron chi connectivity index (χ2n) is 6.48. The summed E-state index contributed by atoms with van der Waals surface area (Å²) < 4.78 is 51.1. The topological polar surface area (TPSA) is 85.5 Å². The molecule has 0 bridgehead atoms. The fraction of sp³-hybridized carbons (Fsp3) is 0.263. The summed E-state index contributed by atoms with van der Waals surface area (Å²) in [4.78, 5) is 4.43.